The minimum absolute atomic E-state index is 0.000134. The standard InChI is InChI=1S/C23H32N4O6S/c1-5-26(6-2)15-19-10-11-21(33-19)23(29)25-24-22(28)18-8-7-9-20(12-18)34(30,31)27-13-16(3)32-17(4)14-27/h7-12,16-17H,5-6,13-15H2,1-4H3,(H,24,28)(H,25,29). The first-order valence-corrected chi connectivity index (χ1v) is 12.8. The van der Waals surface area contributed by atoms with E-state index in [1.165, 1.54) is 34.6 Å². The second-order valence-corrected chi connectivity index (χ2v) is 10.2. The van der Waals surface area contributed by atoms with Crippen LogP contribution in [0.3, 0.4) is 0 Å². The van der Waals surface area contributed by atoms with Gasteiger partial charge in [-0.1, -0.05) is 19.9 Å². The molecule has 0 radical (unpaired) electrons. The fourth-order valence-electron chi connectivity index (χ4n) is 3.77. The summed E-state index contributed by atoms with van der Waals surface area (Å²) in [4.78, 5) is 27.1. The number of nitrogens with one attached hydrogen (secondary N) is 2. The first kappa shape index (κ1) is 25.9. The van der Waals surface area contributed by atoms with Gasteiger partial charge in [0.25, 0.3) is 5.91 Å². The number of hydrogen-bond acceptors (Lipinski definition) is 7. The number of carbonyl (C=O) groups is 2. The lowest BCUT2D eigenvalue weighted by molar-refractivity contribution is -0.0440. The van der Waals surface area contributed by atoms with Crippen LogP contribution in [-0.2, 0) is 21.3 Å². The van der Waals surface area contributed by atoms with Gasteiger partial charge in [0.1, 0.15) is 5.76 Å². The van der Waals surface area contributed by atoms with E-state index in [4.69, 9.17) is 9.15 Å². The van der Waals surface area contributed by atoms with Gasteiger partial charge in [0.2, 0.25) is 10.0 Å². The number of hydrogen-bond donors (Lipinski definition) is 2. The highest BCUT2D eigenvalue weighted by atomic mass is 32.2. The normalized spacial score (nSPS) is 19.2. The summed E-state index contributed by atoms with van der Waals surface area (Å²) in [7, 11) is -3.80. The van der Waals surface area contributed by atoms with Crippen molar-refractivity contribution in [3.8, 4) is 0 Å². The number of sulfonamides is 1. The van der Waals surface area contributed by atoms with Gasteiger partial charge < -0.3 is 9.15 Å². The van der Waals surface area contributed by atoms with E-state index in [1.54, 1.807) is 6.07 Å². The summed E-state index contributed by atoms with van der Waals surface area (Å²) in [6.07, 6.45) is -0.455. The number of morpholine rings is 1. The summed E-state index contributed by atoms with van der Waals surface area (Å²) < 4.78 is 38.7. The van der Waals surface area contributed by atoms with E-state index in [2.05, 4.69) is 15.8 Å². The van der Waals surface area contributed by atoms with E-state index in [0.717, 1.165) is 13.1 Å². The first-order valence-electron chi connectivity index (χ1n) is 11.3. The Hall–Kier alpha value is -2.73. The van der Waals surface area contributed by atoms with Crippen LogP contribution < -0.4 is 10.9 Å². The number of rotatable bonds is 8. The van der Waals surface area contributed by atoms with Gasteiger partial charge in [0, 0.05) is 18.7 Å². The Morgan fingerprint density at radius 1 is 1.03 bits per heavy atom. The minimum Gasteiger partial charge on any atom is -0.454 e. The quantitative estimate of drug-likeness (QED) is 0.541. The highest BCUT2D eigenvalue weighted by Gasteiger charge is 2.32. The topological polar surface area (TPSA) is 121 Å². The average Bonchev–Trinajstić information content (AvgIpc) is 3.29. The van der Waals surface area contributed by atoms with Crippen molar-refractivity contribution in [3.05, 3.63) is 53.5 Å². The molecule has 11 heteroatoms. The van der Waals surface area contributed by atoms with Gasteiger partial charge in [0.15, 0.2) is 5.76 Å². The molecule has 2 atom stereocenters. The molecule has 2 heterocycles. The van der Waals surface area contributed by atoms with E-state index >= 15 is 0 Å². The van der Waals surface area contributed by atoms with Crippen LogP contribution in [0.5, 0.6) is 0 Å². The Labute approximate surface area is 200 Å². The lowest BCUT2D eigenvalue weighted by Crippen LogP contribution is -2.48. The van der Waals surface area contributed by atoms with Crippen molar-refractivity contribution in [2.45, 2.75) is 51.3 Å². The maximum absolute atomic E-state index is 13.1. The molecule has 1 aromatic heterocycles. The average molecular weight is 493 g/mol. The van der Waals surface area contributed by atoms with Gasteiger partial charge in [-0.15, -0.1) is 0 Å². The minimum atomic E-state index is -3.80. The summed E-state index contributed by atoms with van der Waals surface area (Å²) >= 11 is 0. The number of nitrogens with zero attached hydrogens (tertiary/aromatic N) is 2. The molecule has 1 fully saturated rings. The molecule has 1 aromatic carbocycles. The molecule has 10 nitrogen and oxygen atoms in total. The van der Waals surface area contributed by atoms with Crippen LogP contribution in [-0.4, -0.2) is 67.8 Å². The number of amides is 2. The molecule has 2 unspecified atom stereocenters. The number of ether oxygens (including phenoxy) is 1. The predicted molar refractivity (Wildman–Crippen MR) is 125 cm³/mol. The molecule has 0 spiro atoms. The third-order valence-electron chi connectivity index (χ3n) is 5.57. The lowest BCUT2D eigenvalue weighted by Gasteiger charge is -2.34. The number of carbonyl (C=O) groups excluding carboxylic acids is 2. The van der Waals surface area contributed by atoms with E-state index in [9.17, 15) is 18.0 Å². The van der Waals surface area contributed by atoms with Gasteiger partial charge in [-0.25, -0.2) is 8.42 Å². The second-order valence-electron chi connectivity index (χ2n) is 8.24. The van der Waals surface area contributed by atoms with Crippen LogP contribution in [0.15, 0.2) is 45.7 Å². The van der Waals surface area contributed by atoms with Gasteiger partial charge in [-0.2, -0.15) is 4.31 Å². The Morgan fingerprint density at radius 2 is 1.68 bits per heavy atom. The molecule has 2 aromatic rings. The molecular weight excluding hydrogens is 460 g/mol. The molecule has 1 saturated heterocycles. The number of furan rings is 1. The Morgan fingerprint density at radius 3 is 2.32 bits per heavy atom. The van der Waals surface area contributed by atoms with E-state index in [0.29, 0.717) is 12.3 Å². The molecule has 2 N–H and O–H groups in total. The summed E-state index contributed by atoms with van der Waals surface area (Å²) in [5.74, 6) is -0.553. The molecule has 0 bridgehead atoms. The molecule has 3 rings (SSSR count). The molecular formula is C23H32N4O6S. The van der Waals surface area contributed by atoms with Crippen molar-refractivity contribution in [3.63, 3.8) is 0 Å². The monoisotopic (exact) mass is 492 g/mol. The molecule has 0 saturated carbocycles. The zero-order valence-electron chi connectivity index (χ0n) is 19.9. The molecule has 0 aliphatic carbocycles. The molecule has 2 amide bonds. The van der Waals surface area contributed by atoms with Crippen molar-refractivity contribution in [2.75, 3.05) is 26.2 Å². The SMILES string of the molecule is CCN(CC)Cc1ccc(C(=O)NNC(=O)c2cccc(S(=O)(=O)N3CC(C)OC(C)C3)c2)o1. The Bertz CT molecular complexity index is 1100. The maximum Gasteiger partial charge on any atom is 0.305 e. The van der Waals surface area contributed by atoms with Crippen molar-refractivity contribution >= 4 is 21.8 Å². The summed E-state index contributed by atoms with van der Waals surface area (Å²) in [5, 5.41) is 0. The third kappa shape index (κ3) is 6.23. The van der Waals surface area contributed by atoms with Gasteiger partial charge in [-0.3, -0.25) is 25.3 Å². The van der Waals surface area contributed by atoms with Crippen molar-refractivity contribution in [1.29, 1.82) is 0 Å². The van der Waals surface area contributed by atoms with Gasteiger partial charge in [0.05, 0.1) is 23.6 Å². The Balaban J connectivity index is 1.63. The fraction of sp³-hybridized carbons (Fsp3) is 0.478. The van der Waals surface area contributed by atoms with Crippen molar-refractivity contribution < 1.29 is 27.2 Å². The van der Waals surface area contributed by atoms with Crippen LogP contribution in [0.2, 0.25) is 0 Å². The maximum atomic E-state index is 13.1. The highest BCUT2D eigenvalue weighted by Crippen LogP contribution is 2.22. The molecule has 186 valence electrons. The van der Waals surface area contributed by atoms with Gasteiger partial charge >= 0.3 is 5.91 Å². The lowest BCUT2D eigenvalue weighted by atomic mass is 10.2. The smallest absolute Gasteiger partial charge is 0.305 e. The van der Waals surface area contributed by atoms with Crippen LogP contribution in [0, 0.1) is 0 Å². The molecule has 34 heavy (non-hydrogen) atoms. The number of hydrazine groups is 1. The fourth-order valence-corrected chi connectivity index (χ4v) is 5.41. The third-order valence-corrected chi connectivity index (χ3v) is 7.40. The summed E-state index contributed by atoms with van der Waals surface area (Å²) in [5.41, 5.74) is 4.70. The largest absolute Gasteiger partial charge is 0.454 e. The van der Waals surface area contributed by atoms with Crippen LogP contribution in [0.4, 0.5) is 0 Å². The van der Waals surface area contributed by atoms with E-state index in [-0.39, 0.29) is 41.5 Å². The van der Waals surface area contributed by atoms with Crippen LogP contribution >= 0.6 is 0 Å². The molecule has 1 aliphatic rings. The van der Waals surface area contributed by atoms with E-state index < -0.39 is 21.8 Å². The zero-order valence-corrected chi connectivity index (χ0v) is 20.7. The number of benzene rings is 1. The van der Waals surface area contributed by atoms with Crippen LogP contribution in [0.25, 0.3) is 0 Å². The predicted octanol–water partition coefficient (Wildman–Crippen LogP) is 1.99. The van der Waals surface area contributed by atoms with Crippen molar-refractivity contribution in [1.82, 2.24) is 20.1 Å². The highest BCUT2D eigenvalue weighted by molar-refractivity contribution is 7.89. The van der Waals surface area contributed by atoms with Crippen LogP contribution in [0.1, 0.15) is 54.4 Å². The first-order chi connectivity index (χ1) is 16.1. The summed E-state index contributed by atoms with van der Waals surface area (Å²) in [6.45, 7) is 10.5. The van der Waals surface area contributed by atoms with Gasteiger partial charge in [-0.05, 0) is 57.3 Å². The zero-order chi connectivity index (χ0) is 24.9. The second kappa shape index (κ2) is 11.1. The Kier molecular flexibility index (Phi) is 8.47. The summed E-state index contributed by atoms with van der Waals surface area (Å²) in [6, 6.07) is 8.95. The van der Waals surface area contributed by atoms with E-state index in [1.807, 2.05) is 27.7 Å². The molecule has 1 aliphatic heterocycles. The van der Waals surface area contributed by atoms with Crippen molar-refractivity contribution in [2.24, 2.45) is 0 Å².